The lowest BCUT2D eigenvalue weighted by Crippen LogP contribution is -2.35. The van der Waals surface area contributed by atoms with E-state index in [0.717, 1.165) is 27.2 Å². The molecule has 0 unspecified atom stereocenters. The molecule has 0 saturated carbocycles. The van der Waals surface area contributed by atoms with Gasteiger partial charge in [0.1, 0.15) is 0 Å². The van der Waals surface area contributed by atoms with Crippen molar-refractivity contribution in [3.63, 3.8) is 0 Å². The fourth-order valence-corrected chi connectivity index (χ4v) is 4.66. The van der Waals surface area contributed by atoms with Gasteiger partial charge in [0.05, 0.1) is 11.3 Å². The molecule has 1 amide bonds. The Labute approximate surface area is 153 Å². The van der Waals surface area contributed by atoms with E-state index >= 15 is 0 Å². The number of nitrogens with one attached hydrogen (secondary N) is 1. The van der Waals surface area contributed by atoms with Crippen LogP contribution in [0.1, 0.15) is 12.5 Å². The molecular formula is C15H14N4O3S3. The standard InChI is InChI=1S/C15H14N4O3S3/c1-3-25(21,22)15-18-19-12(16)11(13(20)17-14(19)24-15)8-9-4-6-10(23-2)7-5-9/h4-8,16H,3H2,1-2H3/b11-8+,16-12?. The molecule has 1 N–H and O–H groups in total. The number of carbonyl (C=O) groups excluding carboxylic acids is 1. The first-order valence-electron chi connectivity index (χ1n) is 7.22. The topological polar surface area (TPSA) is 103 Å². The Morgan fingerprint density at radius 3 is 2.60 bits per heavy atom. The minimum Gasteiger partial charge on any atom is -0.282 e. The van der Waals surface area contributed by atoms with Crippen LogP contribution in [-0.2, 0) is 14.6 Å². The summed E-state index contributed by atoms with van der Waals surface area (Å²) in [5.74, 6) is -0.869. The van der Waals surface area contributed by atoms with Gasteiger partial charge in [-0.3, -0.25) is 10.2 Å². The molecule has 0 aliphatic carbocycles. The van der Waals surface area contributed by atoms with Crippen molar-refractivity contribution in [2.45, 2.75) is 11.8 Å². The van der Waals surface area contributed by atoms with Gasteiger partial charge in [-0.05, 0) is 41.8 Å². The van der Waals surface area contributed by atoms with Crippen molar-refractivity contribution in [2.75, 3.05) is 12.0 Å². The Kier molecular flexibility index (Phi) is 4.85. The van der Waals surface area contributed by atoms with Gasteiger partial charge in [-0.25, -0.2) is 8.42 Å². The predicted octanol–water partition coefficient (Wildman–Crippen LogP) is 2.42. The lowest BCUT2D eigenvalue weighted by atomic mass is 10.1. The van der Waals surface area contributed by atoms with Crippen LogP contribution < -0.4 is 0 Å². The fraction of sp³-hybridized carbons (Fsp3) is 0.200. The zero-order valence-corrected chi connectivity index (χ0v) is 15.8. The molecule has 3 rings (SSSR count). The highest BCUT2D eigenvalue weighted by Crippen LogP contribution is 2.30. The van der Waals surface area contributed by atoms with E-state index in [1.165, 1.54) is 6.92 Å². The highest BCUT2D eigenvalue weighted by atomic mass is 32.3. The van der Waals surface area contributed by atoms with Crippen LogP contribution in [0.15, 0.2) is 44.8 Å². The van der Waals surface area contributed by atoms with Gasteiger partial charge in [0.15, 0.2) is 5.84 Å². The number of carbonyl (C=O) groups is 1. The highest BCUT2D eigenvalue weighted by Gasteiger charge is 2.39. The summed E-state index contributed by atoms with van der Waals surface area (Å²) in [6.07, 6.45) is 3.52. The number of aliphatic imine (C=N–C) groups is 1. The zero-order chi connectivity index (χ0) is 18.2. The van der Waals surface area contributed by atoms with Gasteiger partial charge >= 0.3 is 0 Å². The molecule has 0 spiro atoms. The van der Waals surface area contributed by atoms with Crippen LogP contribution in [0.3, 0.4) is 0 Å². The summed E-state index contributed by atoms with van der Waals surface area (Å²) in [4.78, 5) is 17.2. The van der Waals surface area contributed by atoms with Crippen molar-refractivity contribution in [3.8, 4) is 0 Å². The molecule has 2 aliphatic rings. The van der Waals surface area contributed by atoms with Crippen LogP contribution >= 0.6 is 23.5 Å². The maximum Gasteiger partial charge on any atom is 0.283 e. The van der Waals surface area contributed by atoms with Crippen LogP contribution in [0, 0.1) is 5.41 Å². The van der Waals surface area contributed by atoms with E-state index in [-0.39, 0.29) is 26.7 Å². The van der Waals surface area contributed by atoms with Crippen LogP contribution in [0.4, 0.5) is 0 Å². The molecule has 0 bridgehead atoms. The third-order valence-electron chi connectivity index (χ3n) is 3.51. The van der Waals surface area contributed by atoms with E-state index in [9.17, 15) is 13.2 Å². The SMILES string of the molecule is CCS(=O)(=O)C1=NN2C(=N)/C(=C\c3ccc(SC)cc3)C(=O)N=C2S1. The molecule has 2 heterocycles. The highest BCUT2D eigenvalue weighted by molar-refractivity contribution is 8.42. The zero-order valence-electron chi connectivity index (χ0n) is 13.4. The number of thioether (sulfide) groups is 2. The summed E-state index contributed by atoms with van der Waals surface area (Å²) in [6, 6.07) is 7.51. The molecule has 1 aromatic rings. The quantitative estimate of drug-likeness (QED) is 0.624. The van der Waals surface area contributed by atoms with Gasteiger partial charge in [-0.15, -0.1) is 16.9 Å². The molecule has 0 aromatic heterocycles. The Morgan fingerprint density at radius 1 is 1.32 bits per heavy atom. The summed E-state index contributed by atoms with van der Waals surface area (Å²) in [7, 11) is -3.52. The van der Waals surface area contributed by atoms with E-state index in [4.69, 9.17) is 5.41 Å². The molecule has 0 saturated heterocycles. The van der Waals surface area contributed by atoms with Gasteiger partial charge in [-0.2, -0.15) is 10.0 Å². The van der Waals surface area contributed by atoms with E-state index in [0.29, 0.717) is 0 Å². The van der Waals surface area contributed by atoms with Crippen molar-refractivity contribution in [1.82, 2.24) is 5.01 Å². The number of amidine groups is 2. The lowest BCUT2D eigenvalue weighted by Gasteiger charge is -2.20. The second kappa shape index (κ2) is 6.77. The first-order chi connectivity index (χ1) is 11.9. The summed E-state index contributed by atoms with van der Waals surface area (Å²) < 4.78 is 23.8. The smallest absolute Gasteiger partial charge is 0.282 e. The summed E-state index contributed by atoms with van der Waals surface area (Å²) in [5, 5.41) is 13.4. The summed E-state index contributed by atoms with van der Waals surface area (Å²) in [5.41, 5.74) is 0.821. The molecule has 10 heteroatoms. The number of fused-ring (bicyclic) bond motifs is 1. The van der Waals surface area contributed by atoms with E-state index in [1.54, 1.807) is 17.8 Å². The van der Waals surface area contributed by atoms with Gasteiger partial charge in [0.2, 0.25) is 19.4 Å². The minimum absolute atomic E-state index is 0.0696. The van der Waals surface area contributed by atoms with Crippen LogP contribution in [0.25, 0.3) is 6.08 Å². The number of sulfone groups is 1. The number of rotatable bonds is 3. The van der Waals surface area contributed by atoms with Crippen molar-refractivity contribution < 1.29 is 13.2 Å². The third kappa shape index (κ3) is 3.42. The largest absolute Gasteiger partial charge is 0.283 e. The molecule has 25 heavy (non-hydrogen) atoms. The monoisotopic (exact) mass is 394 g/mol. The van der Waals surface area contributed by atoms with Crippen LogP contribution in [-0.4, -0.2) is 46.7 Å². The lowest BCUT2D eigenvalue weighted by molar-refractivity contribution is -0.114. The van der Waals surface area contributed by atoms with Gasteiger partial charge < -0.3 is 0 Å². The number of benzene rings is 1. The van der Waals surface area contributed by atoms with Crippen molar-refractivity contribution in [3.05, 3.63) is 35.4 Å². The Balaban J connectivity index is 1.96. The second-order valence-corrected chi connectivity index (χ2v) is 9.35. The Bertz CT molecular complexity index is 947. The summed E-state index contributed by atoms with van der Waals surface area (Å²) in [6.45, 7) is 1.51. The number of hydrazone groups is 1. The van der Waals surface area contributed by atoms with Crippen molar-refractivity contribution in [1.29, 1.82) is 5.41 Å². The molecular weight excluding hydrogens is 380 g/mol. The van der Waals surface area contributed by atoms with Gasteiger partial charge in [0.25, 0.3) is 5.91 Å². The molecule has 0 atom stereocenters. The molecule has 7 nitrogen and oxygen atoms in total. The Morgan fingerprint density at radius 2 is 2.00 bits per heavy atom. The van der Waals surface area contributed by atoms with Crippen molar-refractivity contribution in [2.24, 2.45) is 10.1 Å². The first kappa shape index (κ1) is 17.9. The summed E-state index contributed by atoms with van der Waals surface area (Å²) >= 11 is 2.40. The minimum atomic E-state index is -3.52. The Hall–Kier alpha value is -1.91. The molecule has 130 valence electrons. The number of nitrogens with zero attached hydrogens (tertiary/aromatic N) is 3. The fourth-order valence-electron chi connectivity index (χ4n) is 2.09. The molecule has 0 radical (unpaired) electrons. The third-order valence-corrected chi connectivity index (χ3v) is 7.34. The van der Waals surface area contributed by atoms with E-state index in [1.807, 2.05) is 30.5 Å². The molecule has 1 aromatic carbocycles. The number of amides is 1. The maximum atomic E-state index is 12.3. The predicted molar refractivity (Wildman–Crippen MR) is 103 cm³/mol. The van der Waals surface area contributed by atoms with Crippen LogP contribution in [0.2, 0.25) is 0 Å². The molecule has 0 fully saturated rings. The number of hydrogen-bond donors (Lipinski definition) is 1. The molecule has 2 aliphatic heterocycles. The average Bonchev–Trinajstić information content (AvgIpc) is 3.04. The van der Waals surface area contributed by atoms with E-state index < -0.39 is 15.7 Å². The normalized spacial score (nSPS) is 19.1. The number of hydrogen-bond acceptors (Lipinski definition) is 7. The van der Waals surface area contributed by atoms with Gasteiger partial charge in [0, 0.05) is 4.90 Å². The second-order valence-electron chi connectivity index (χ2n) is 5.06. The van der Waals surface area contributed by atoms with Crippen molar-refractivity contribution >= 4 is 60.7 Å². The van der Waals surface area contributed by atoms with Gasteiger partial charge in [-0.1, -0.05) is 19.1 Å². The maximum absolute atomic E-state index is 12.3. The first-order valence-corrected chi connectivity index (χ1v) is 10.9. The average molecular weight is 395 g/mol. The van der Waals surface area contributed by atoms with Crippen LogP contribution in [0.5, 0.6) is 0 Å². The van der Waals surface area contributed by atoms with E-state index in [2.05, 4.69) is 10.1 Å².